The molecule has 0 spiro atoms. The fourth-order valence-corrected chi connectivity index (χ4v) is 2110. The fraction of sp³-hybridized carbons (Fsp3) is 0.127. The molecule has 8 N–H and O–H groups in total. The molecular formula is C55H39Br4Cl3F3I21N3O12S3-. The van der Waals surface area contributed by atoms with Crippen LogP contribution in [0, 0.1) is 17.5 Å². The molecule has 0 unspecified atom stereocenters. The number of rotatable bonds is 22. The molecule has 9 aromatic rings. The summed E-state index contributed by atoms with van der Waals surface area (Å²) in [6, 6.07) is 22.9. The molecule has 0 atom stereocenters. The number of carbonyl (C=O) groups is 6. The Morgan fingerprint density at radius 2 is 0.817 bits per heavy atom. The van der Waals surface area contributed by atoms with E-state index >= 15 is 0 Å². The molecule has 0 bridgehead atoms. The van der Waals surface area contributed by atoms with Gasteiger partial charge in [-0.2, -0.15) is 0 Å². The van der Waals surface area contributed by atoms with Crippen molar-refractivity contribution in [1.82, 2.24) is 0 Å². The summed E-state index contributed by atoms with van der Waals surface area (Å²) in [7, 11) is -2.88. The van der Waals surface area contributed by atoms with E-state index in [1.54, 1.807) is 44.2 Å². The van der Waals surface area contributed by atoms with Crippen molar-refractivity contribution in [1.29, 1.82) is 0 Å². The number of esters is 2. The number of phenolic OH excluding ortho intramolecular Hbond substituents is 1. The van der Waals surface area contributed by atoms with Crippen LogP contribution in [-0.2, 0) is 28.0 Å². The van der Waals surface area contributed by atoms with E-state index in [0.717, 1.165) is 49.9 Å². The molecule has 9 rings (SSSR count). The molecular weight excluding hydrogens is 4140 g/mol. The van der Waals surface area contributed by atoms with Crippen LogP contribution < -0.4 is 39.9 Å². The summed E-state index contributed by atoms with van der Waals surface area (Å²) in [6.07, 6.45) is 0. The number of hydrogen-bond donors (Lipinski definition) is 5. The Bertz CT molecular complexity index is 4470. The van der Waals surface area contributed by atoms with Gasteiger partial charge in [-0.3, -0.25) is 14.4 Å². The minimum absolute atomic E-state index is 0.00738. The first kappa shape index (κ1) is 106. The number of alkyl halides is 1. The summed E-state index contributed by atoms with van der Waals surface area (Å²) < 4.78 is 65.7. The zero-order valence-electron chi connectivity index (χ0n) is 50.3. The molecule has 0 radical (unpaired) electrons. The van der Waals surface area contributed by atoms with Gasteiger partial charge in [0.15, 0.2) is 34.7 Å². The van der Waals surface area contributed by atoms with Crippen LogP contribution in [0.1, 0.15) is 90.6 Å². The van der Waals surface area contributed by atoms with Crippen LogP contribution in [0.25, 0.3) is 30.3 Å². The van der Waals surface area contributed by atoms with Gasteiger partial charge in [0.1, 0.15) is 27.8 Å². The molecule has 0 saturated carbocycles. The third-order valence-corrected chi connectivity index (χ3v) is 1090. The summed E-state index contributed by atoms with van der Waals surface area (Å²) >= 11 is 70.0. The monoisotopic (exact) mass is 4170 g/mol. The van der Waals surface area contributed by atoms with Gasteiger partial charge in [0, 0.05) is 78.5 Å². The van der Waals surface area contributed by atoms with E-state index in [1.165, 1.54) is 40.9 Å². The minimum atomic E-state index is -1.12. The number of carboxylic acids is 1. The number of halogens is 31. The minimum Gasteiger partial charge on any atom is -0.504 e. The van der Waals surface area contributed by atoms with Crippen molar-refractivity contribution in [2.75, 3.05) is 13.2 Å². The normalized spacial score (nSPS) is 11.8. The quantitative estimate of drug-likeness (QED) is 0.0241. The van der Waals surface area contributed by atoms with Crippen LogP contribution >= 0.6 is 419 Å². The molecule has 15 nitrogen and oxygen atoms in total. The first-order valence-corrected chi connectivity index (χ1v) is 153. The van der Waals surface area contributed by atoms with Crippen molar-refractivity contribution in [2.45, 2.75) is 32.4 Å². The van der Waals surface area contributed by atoms with Gasteiger partial charge in [-0.05, 0) is 140 Å². The van der Waals surface area contributed by atoms with Gasteiger partial charge in [0.2, 0.25) is 17.7 Å². The van der Waals surface area contributed by atoms with Crippen LogP contribution in [0.5, 0.6) is 17.2 Å². The maximum Gasteiger partial charge on any atom is 0.346 e. The predicted octanol–water partition coefficient (Wildman–Crippen LogP) is 30.9. The number of benzene rings is 6. The number of primary amides is 3. The Balaban J connectivity index is 0.000000279. The third kappa shape index (κ3) is 32.8. The molecule has 3 aromatic heterocycles. The van der Waals surface area contributed by atoms with Crippen LogP contribution in [0.2, 0.25) is 15.1 Å². The van der Waals surface area contributed by atoms with Crippen molar-refractivity contribution < 1.29 is 84.4 Å². The van der Waals surface area contributed by atoms with Crippen molar-refractivity contribution >= 4 is 485 Å². The predicted molar refractivity (Wildman–Crippen MR) is 611 cm³/mol. The van der Waals surface area contributed by atoms with E-state index in [4.69, 9.17) is 76.1 Å². The van der Waals surface area contributed by atoms with Crippen molar-refractivity contribution in [2.24, 2.45) is 17.2 Å². The van der Waals surface area contributed by atoms with Gasteiger partial charge in [-0.15, -0.1) is 34.0 Å². The maximum atomic E-state index is 14.4. The summed E-state index contributed by atoms with van der Waals surface area (Å²) in [4.78, 5) is 69.8. The number of ether oxygens (including phenoxy) is 4. The molecule has 0 saturated heterocycles. The van der Waals surface area contributed by atoms with Crippen LogP contribution in [-0.4, -0.2) is 59.1 Å². The Morgan fingerprint density at radius 1 is 0.510 bits per heavy atom. The molecule has 3 amide bonds. The standard InChI is InChI=1S/C19H14BrClFNO4S.C17H10BrClFNO4S.C12H10BrClO2S.C7H5BrFNO2.I16.I5/c1-2-26-19(25)17-10(15-12(21)4-3-5-14(15)28-17)8-27-16-11(20)6-9(18(23)24)7-13(16)22;18-9-4-7(16(21)22)5-11(20)14(9)25-6-8-13-10(19)2-1-3-12(13)26-15(8)17(23)24;1-2-16-12(15)11-7(6-13)10-8(14)4-3-5-9(10)17-11;8-4-1-3(7(10)12)2-5(9)6(4)11;1-10(2)12(5)14(7)16(9)15(8)13(6)11(3)4;1-4-5(2)3/h3-7H,2,8H2,1H3,(H2,23,24);1-5H,6H2,(H2,21,22)(H,23,24);3-5H,2,6H2,1H3;1-2,11H,(H2,10,12);;/q;;;;;-1. The number of aromatic hydroxyl groups is 1. The van der Waals surface area contributed by atoms with Gasteiger partial charge in [0.25, 0.3) is 0 Å². The number of fused-ring (bicyclic) bond motifs is 3. The zero-order chi connectivity index (χ0) is 78.5. The van der Waals surface area contributed by atoms with Crippen LogP contribution in [0.4, 0.5) is 13.2 Å². The number of phenols is 1. The van der Waals surface area contributed by atoms with E-state index in [2.05, 4.69) is 287 Å². The van der Waals surface area contributed by atoms with Crippen LogP contribution in [0.15, 0.2) is 104 Å². The first-order valence-electron chi connectivity index (χ1n) is 26.1. The smallest absolute Gasteiger partial charge is 0.346 e. The SMILES string of the molecule is CCOC(=O)c1sc2cccc(Cl)c2c1CBr.CCOC(=O)c1sc2cccc(Cl)c2c1COc1c(F)cc(C(N)=O)cc1Br.II(I)I(I)I(I)I(I)I(I)I(I)I(I)I.I[I-]I(I)I.NC(=O)c1cc(F)c(O)c(Br)c1.NC(=O)c1cc(F)c(OCc2c(C(=O)O)sc3cccc(Cl)c23)c(Br)c1. The number of amides is 3. The van der Waals surface area contributed by atoms with E-state index in [1.807, 2.05) is 24.3 Å². The first-order chi connectivity index (χ1) is 48.8. The Hall–Kier alpha value is 9.33. The molecule has 0 aliphatic carbocycles. The topological polar surface area (TPSA) is 258 Å². The van der Waals surface area contributed by atoms with Crippen molar-refractivity contribution in [3.63, 3.8) is 0 Å². The summed E-state index contributed by atoms with van der Waals surface area (Å²) in [5.74, 6) is -7.39. The van der Waals surface area contributed by atoms with Crippen LogP contribution in [0.3, 0.4) is 0 Å². The molecule has 104 heavy (non-hydrogen) atoms. The Labute approximate surface area is 812 Å². The molecule has 582 valence electrons. The number of hydrogen-bond acceptors (Lipinski definition) is 14. The molecule has 0 fully saturated rings. The van der Waals surface area contributed by atoms with Crippen molar-refractivity contribution in [3.05, 3.63) is 185 Å². The van der Waals surface area contributed by atoms with E-state index in [9.17, 15) is 47.0 Å². The van der Waals surface area contributed by atoms with Gasteiger partial charge in [-0.1, -0.05) is 68.9 Å². The van der Waals surface area contributed by atoms with Gasteiger partial charge < -0.3 is 46.4 Å². The number of carboxylic acid groups (broad SMARTS) is 1. The fourth-order valence-electron chi connectivity index (χ4n) is 7.63. The van der Waals surface area contributed by atoms with E-state index < -0.39 is 68.7 Å². The van der Waals surface area contributed by atoms with Crippen molar-refractivity contribution in [3.8, 4) is 17.2 Å². The van der Waals surface area contributed by atoms with Gasteiger partial charge in [0.05, 0.1) is 26.6 Å². The molecule has 49 heteroatoms. The maximum absolute atomic E-state index is 14.4. The Kier molecular flexibility index (Phi) is 55.0. The summed E-state index contributed by atoms with van der Waals surface area (Å²) in [5.41, 5.74) is 17.0. The number of aromatic carboxylic acids is 1. The average molecular weight is 4180 g/mol. The number of carbonyl (C=O) groups excluding carboxylic acids is 5. The second kappa shape index (κ2) is 54.2. The molecule has 6 aromatic carbocycles. The molecule has 3 heterocycles. The Morgan fingerprint density at radius 3 is 1.12 bits per heavy atom. The van der Waals surface area contributed by atoms with E-state index in [-0.39, 0.29) is 120 Å². The summed E-state index contributed by atoms with van der Waals surface area (Å²) in [6.45, 7) is 3.77. The largest absolute Gasteiger partial charge is 0.504 e. The average Bonchev–Trinajstić information content (AvgIpc) is 1.64. The van der Waals surface area contributed by atoms with Gasteiger partial charge in [-0.25, -0.2) is 27.6 Å². The number of nitrogens with two attached hydrogens (primary N) is 3. The third-order valence-electron chi connectivity index (χ3n) is 11.7. The second-order valence-corrected chi connectivity index (χ2v) is 431. The summed E-state index contributed by atoms with van der Waals surface area (Å²) in [5, 5.41) is 22.6. The number of thiophene rings is 3. The molecule has 0 aliphatic rings. The van der Waals surface area contributed by atoms with Gasteiger partial charge >= 0.3 is 318 Å². The zero-order valence-corrected chi connectivity index (χ0v) is 107. The second-order valence-electron chi connectivity index (χ2n) is 17.8. The van der Waals surface area contributed by atoms with E-state index in [0.29, 0.717) is 76.6 Å². The molecule has 0 aliphatic heterocycles.